The zero-order valence-electron chi connectivity index (χ0n) is 16.9. The van der Waals surface area contributed by atoms with Gasteiger partial charge in [0.2, 0.25) is 0 Å². The van der Waals surface area contributed by atoms with Gasteiger partial charge in [-0.3, -0.25) is 4.79 Å². The second-order valence-corrected chi connectivity index (χ2v) is 7.35. The lowest BCUT2D eigenvalue weighted by molar-refractivity contribution is -0.134. The van der Waals surface area contributed by atoms with E-state index in [0.717, 1.165) is 39.6 Å². The van der Waals surface area contributed by atoms with Gasteiger partial charge in [-0.1, -0.05) is 24.3 Å². The molecule has 0 bridgehead atoms. The molecule has 0 spiro atoms. The van der Waals surface area contributed by atoms with E-state index < -0.39 is 0 Å². The van der Waals surface area contributed by atoms with Crippen LogP contribution in [0.1, 0.15) is 34.0 Å². The molecule has 1 aliphatic heterocycles. The van der Waals surface area contributed by atoms with Gasteiger partial charge in [-0.25, -0.2) is 4.98 Å². The summed E-state index contributed by atoms with van der Waals surface area (Å²) >= 11 is 0. The number of amides is 1. The third-order valence-electron chi connectivity index (χ3n) is 5.61. The van der Waals surface area contributed by atoms with Crippen molar-refractivity contribution in [2.75, 3.05) is 20.3 Å². The summed E-state index contributed by atoms with van der Waals surface area (Å²) in [7, 11) is 1.65. The van der Waals surface area contributed by atoms with Crippen molar-refractivity contribution in [3.63, 3.8) is 0 Å². The Morgan fingerprint density at radius 3 is 2.76 bits per heavy atom. The molecule has 1 aliphatic rings. The fourth-order valence-electron chi connectivity index (χ4n) is 3.72. The van der Waals surface area contributed by atoms with E-state index in [2.05, 4.69) is 9.97 Å². The molecule has 3 aromatic rings. The van der Waals surface area contributed by atoms with Gasteiger partial charge in [-0.2, -0.15) is 0 Å². The zero-order valence-corrected chi connectivity index (χ0v) is 16.9. The Hall–Kier alpha value is -3.28. The number of rotatable bonds is 5. The van der Waals surface area contributed by atoms with Crippen molar-refractivity contribution in [1.82, 2.24) is 14.9 Å². The molecule has 4 rings (SSSR count). The fraction of sp³-hybridized carbons (Fsp3) is 0.304. The van der Waals surface area contributed by atoms with E-state index in [1.54, 1.807) is 13.4 Å². The van der Waals surface area contributed by atoms with Gasteiger partial charge < -0.3 is 19.4 Å². The topological polar surface area (TPSA) is 67.4 Å². The number of carbonyl (C=O) groups excluding carboxylic acids is 1. The van der Waals surface area contributed by atoms with Crippen LogP contribution in [0.4, 0.5) is 0 Å². The molecule has 0 aliphatic carbocycles. The molecule has 150 valence electrons. The van der Waals surface area contributed by atoms with Crippen LogP contribution in [0.25, 0.3) is 0 Å². The first kappa shape index (κ1) is 19.1. The maximum atomic E-state index is 12.9. The highest BCUT2D eigenvalue weighted by molar-refractivity contribution is 5.78. The van der Waals surface area contributed by atoms with Crippen molar-refractivity contribution >= 4 is 5.91 Å². The number of H-pyrrole nitrogens is 1. The van der Waals surface area contributed by atoms with E-state index in [-0.39, 0.29) is 18.4 Å². The number of carbonyl (C=O) groups is 1. The molecule has 2 aromatic carbocycles. The average molecular weight is 391 g/mol. The zero-order chi connectivity index (χ0) is 20.4. The number of nitrogens with one attached hydrogen (secondary N) is 1. The van der Waals surface area contributed by atoms with Crippen LogP contribution in [0.15, 0.2) is 48.8 Å². The standard InChI is InChI=1S/C23H25N3O3/c1-15-5-4-6-21(16(15)2)29-13-22(27)26-11-19(23-20(12-26)24-14-25-23)17-7-9-18(28-3)10-8-17/h4-10,14,19H,11-13H2,1-3H3,(H,24,25). The number of hydrogen-bond donors (Lipinski definition) is 1. The average Bonchev–Trinajstić information content (AvgIpc) is 3.22. The van der Waals surface area contributed by atoms with E-state index in [1.807, 2.05) is 61.2 Å². The summed E-state index contributed by atoms with van der Waals surface area (Å²) in [5.74, 6) is 1.54. The van der Waals surface area contributed by atoms with Gasteiger partial charge in [-0.05, 0) is 48.7 Å². The number of aromatic nitrogens is 2. The summed E-state index contributed by atoms with van der Waals surface area (Å²) in [4.78, 5) is 22.5. The predicted octanol–water partition coefficient (Wildman–Crippen LogP) is 3.59. The van der Waals surface area contributed by atoms with Crippen LogP contribution in [0.2, 0.25) is 0 Å². The SMILES string of the molecule is COc1ccc(C2CN(C(=O)COc3cccc(C)c3C)Cc3[nH]cnc32)cc1. The van der Waals surface area contributed by atoms with Crippen molar-refractivity contribution < 1.29 is 14.3 Å². The molecule has 0 saturated heterocycles. The van der Waals surface area contributed by atoms with Crippen molar-refractivity contribution in [2.24, 2.45) is 0 Å². The molecule has 6 heteroatoms. The van der Waals surface area contributed by atoms with Crippen LogP contribution < -0.4 is 9.47 Å². The highest BCUT2D eigenvalue weighted by atomic mass is 16.5. The van der Waals surface area contributed by atoms with Crippen LogP contribution in [-0.4, -0.2) is 41.0 Å². The molecular weight excluding hydrogens is 366 g/mol. The van der Waals surface area contributed by atoms with Gasteiger partial charge in [0.05, 0.1) is 31.4 Å². The Bertz CT molecular complexity index is 1010. The molecule has 1 unspecified atom stereocenters. The first-order valence-electron chi connectivity index (χ1n) is 9.69. The molecule has 0 radical (unpaired) electrons. The number of aromatic amines is 1. The van der Waals surface area contributed by atoms with E-state index in [1.165, 1.54) is 0 Å². The third-order valence-corrected chi connectivity index (χ3v) is 5.61. The highest BCUT2D eigenvalue weighted by Gasteiger charge is 2.31. The normalized spacial score (nSPS) is 15.7. The lowest BCUT2D eigenvalue weighted by atomic mass is 9.91. The smallest absolute Gasteiger partial charge is 0.260 e. The van der Waals surface area contributed by atoms with Crippen molar-refractivity contribution in [2.45, 2.75) is 26.3 Å². The molecule has 2 heterocycles. The number of benzene rings is 2. The predicted molar refractivity (Wildman–Crippen MR) is 110 cm³/mol. The molecule has 0 fully saturated rings. The maximum Gasteiger partial charge on any atom is 0.260 e. The minimum atomic E-state index is -0.0373. The number of fused-ring (bicyclic) bond motifs is 1. The number of nitrogens with zero attached hydrogens (tertiary/aromatic N) is 2. The fourth-order valence-corrected chi connectivity index (χ4v) is 3.72. The Morgan fingerprint density at radius 1 is 1.21 bits per heavy atom. The molecule has 29 heavy (non-hydrogen) atoms. The van der Waals surface area contributed by atoms with Crippen LogP contribution in [0.5, 0.6) is 11.5 Å². The van der Waals surface area contributed by atoms with Crippen molar-refractivity contribution in [1.29, 1.82) is 0 Å². The molecular formula is C23H25N3O3. The van der Waals surface area contributed by atoms with E-state index in [0.29, 0.717) is 13.1 Å². The van der Waals surface area contributed by atoms with Crippen LogP contribution in [0, 0.1) is 13.8 Å². The maximum absolute atomic E-state index is 12.9. The van der Waals surface area contributed by atoms with Crippen LogP contribution in [-0.2, 0) is 11.3 Å². The van der Waals surface area contributed by atoms with Gasteiger partial charge in [0.15, 0.2) is 6.61 Å². The second-order valence-electron chi connectivity index (χ2n) is 7.35. The number of ether oxygens (including phenoxy) is 2. The minimum Gasteiger partial charge on any atom is -0.497 e. The Morgan fingerprint density at radius 2 is 2.00 bits per heavy atom. The molecule has 0 saturated carbocycles. The Kier molecular flexibility index (Phi) is 5.25. The minimum absolute atomic E-state index is 0.0144. The Balaban J connectivity index is 1.51. The van der Waals surface area contributed by atoms with Gasteiger partial charge in [0, 0.05) is 12.5 Å². The van der Waals surface area contributed by atoms with Gasteiger partial charge in [0.1, 0.15) is 11.5 Å². The summed E-state index contributed by atoms with van der Waals surface area (Å²) in [6.45, 7) is 5.14. The summed E-state index contributed by atoms with van der Waals surface area (Å²) < 4.78 is 11.1. The number of methoxy groups -OCH3 is 1. The largest absolute Gasteiger partial charge is 0.497 e. The highest BCUT2D eigenvalue weighted by Crippen LogP contribution is 2.32. The third kappa shape index (κ3) is 3.83. The summed E-state index contributed by atoms with van der Waals surface area (Å²) in [5.41, 5.74) is 5.28. The van der Waals surface area contributed by atoms with Crippen molar-refractivity contribution in [3.8, 4) is 11.5 Å². The van der Waals surface area contributed by atoms with E-state index >= 15 is 0 Å². The lowest BCUT2D eigenvalue weighted by Gasteiger charge is -2.32. The first-order valence-corrected chi connectivity index (χ1v) is 9.69. The molecule has 1 N–H and O–H groups in total. The molecule has 6 nitrogen and oxygen atoms in total. The molecule has 1 aromatic heterocycles. The summed E-state index contributed by atoms with van der Waals surface area (Å²) in [6, 6.07) is 13.8. The van der Waals surface area contributed by atoms with Gasteiger partial charge in [0.25, 0.3) is 5.91 Å². The second kappa shape index (κ2) is 7.99. The van der Waals surface area contributed by atoms with Gasteiger partial charge in [-0.15, -0.1) is 0 Å². The summed E-state index contributed by atoms with van der Waals surface area (Å²) in [6.07, 6.45) is 1.70. The number of imidazole rings is 1. The lowest BCUT2D eigenvalue weighted by Crippen LogP contribution is -2.41. The Labute approximate surface area is 170 Å². The van der Waals surface area contributed by atoms with E-state index in [9.17, 15) is 4.79 Å². The number of hydrogen-bond acceptors (Lipinski definition) is 4. The quantitative estimate of drug-likeness (QED) is 0.722. The monoisotopic (exact) mass is 391 g/mol. The van der Waals surface area contributed by atoms with Crippen LogP contribution in [0.3, 0.4) is 0 Å². The van der Waals surface area contributed by atoms with Gasteiger partial charge >= 0.3 is 0 Å². The van der Waals surface area contributed by atoms with Crippen molar-refractivity contribution in [3.05, 3.63) is 76.9 Å². The molecule has 1 atom stereocenters. The van der Waals surface area contributed by atoms with Crippen LogP contribution >= 0.6 is 0 Å². The number of aryl methyl sites for hydroxylation is 1. The van der Waals surface area contributed by atoms with E-state index in [4.69, 9.17) is 9.47 Å². The molecule has 1 amide bonds. The first-order chi connectivity index (χ1) is 14.1. The summed E-state index contributed by atoms with van der Waals surface area (Å²) in [5, 5.41) is 0.